The first-order valence-corrected chi connectivity index (χ1v) is 4.20. The van der Waals surface area contributed by atoms with Gasteiger partial charge in [0.1, 0.15) is 5.58 Å². The first-order chi connectivity index (χ1) is 5.68. The van der Waals surface area contributed by atoms with Crippen LogP contribution in [0.4, 0.5) is 0 Å². The molecule has 0 spiro atoms. The largest absolute Gasteiger partial charge is 0.464 e. The second-order valence-electron chi connectivity index (χ2n) is 3.02. The van der Waals surface area contributed by atoms with Gasteiger partial charge in [-0.05, 0) is 37.1 Å². The third kappa shape index (κ3) is 1.01. The lowest BCUT2D eigenvalue weighted by Gasteiger charge is -1.96. The van der Waals surface area contributed by atoms with Crippen LogP contribution in [-0.2, 0) is 0 Å². The molecule has 0 N–H and O–H groups in total. The zero-order valence-corrected chi connectivity index (χ0v) is 7.77. The van der Waals surface area contributed by atoms with Crippen LogP contribution in [0.25, 0.3) is 11.0 Å². The van der Waals surface area contributed by atoms with Gasteiger partial charge in [-0.15, -0.1) is 0 Å². The molecule has 2 heteroatoms. The van der Waals surface area contributed by atoms with Gasteiger partial charge in [0.05, 0.1) is 6.26 Å². The van der Waals surface area contributed by atoms with Gasteiger partial charge in [0.25, 0.3) is 0 Å². The fourth-order valence-electron chi connectivity index (χ4n) is 1.28. The molecule has 0 aliphatic rings. The normalized spacial score (nSPS) is 10.9. The van der Waals surface area contributed by atoms with Gasteiger partial charge in [-0.3, -0.25) is 0 Å². The molecule has 0 aliphatic carbocycles. The molecular formula is C10H9ClO. The van der Waals surface area contributed by atoms with Crippen molar-refractivity contribution in [2.24, 2.45) is 0 Å². The van der Waals surface area contributed by atoms with E-state index in [1.165, 1.54) is 0 Å². The topological polar surface area (TPSA) is 13.1 Å². The highest BCUT2D eigenvalue weighted by Crippen LogP contribution is 2.26. The van der Waals surface area contributed by atoms with Crippen LogP contribution >= 0.6 is 11.6 Å². The summed E-state index contributed by atoms with van der Waals surface area (Å²) in [6.45, 7) is 3.98. The van der Waals surface area contributed by atoms with Crippen LogP contribution in [0, 0.1) is 13.8 Å². The van der Waals surface area contributed by atoms with E-state index in [-0.39, 0.29) is 0 Å². The number of aryl methyl sites for hydroxylation is 2. The van der Waals surface area contributed by atoms with Crippen LogP contribution in [0.15, 0.2) is 22.8 Å². The van der Waals surface area contributed by atoms with Crippen molar-refractivity contribution in [3.05, 3.63) is 34.5 Å². The smallest absolute Gasteiger partial charge is 0.134 e. The maximum atomic E-state index is 5.97. The molecule has 2 aromatic rings. The van der Waals surface area contributed by atoms with Crippen LogP contribution in [-0.4, -0.2) is 0 Å². The highest BCUT2D eigenvalue weighted by molar-refractivity contribution is 6.32. The van der Waals surface area contributed by atoms with Gasteiger partial charge >= 0.3 is 0 Å². The van der Waals surface area contributed by atoms with E-state index in [9.17, 15) is 0 Å². The lowest BCUT2D eigenvalue weighted by atomic mass is 10.1. The maximum absolute atomic E-state index is 5.97. The number of fused-ring (bicyclic) bond motifs is 1. The predicted molar refractivity (Wildman–Crippen MR) is 50.7 cm³/mol. The van der Waals surface area contributed by atoms with Crippen LogP contribution < -0.4 is 0 Å². The SMILES string of the molecule is Cc1cc2occ(C)c2cc1Cl. The zero-order valence-electron chi connectivity index (χ0n) is 7.02. The molecular weight excluding hydrogens is 172 g/mol. The first-order valence-electron chi connectivity index (χ1n) is 3.82. The molecule has 1 heterocycles. The second kappa shape index (κ2) is 2.53. The third-order valence-corrected chi connectivity index (χ3v) is 2.46. The van der Waals surface area contributed by atoms with E-state index in [1.807, 2.05) is 26.0 Å². The Hall–Kier alpha value is -0.950. The van der Waals surface area contributed by atoms with E-state index in [0.29, 0.717) is 0 Å². The van der Waals surface area contributed by atoms with Gasteiger partial charge in [-0.25, -0.2) is 0 Å². The van der Waals surface area contributed by atoms with Gasteiger partial charge in [0, 0.05) is 10.4 Å². The van der Waals surface area contributed by atoms with Crippen LogP contribution in [0.3, 0.4) is 0 Å². The molecule has 0 saturated carbocycles. The maximum Gasteiger partial charge on any atom is 0.134 e. The number of furan rings is 1. The molecule has 2 rings (SSSR count). The van der Waals surface area contributed by atoms with E-state index in [0.717, 1.165) is 27.1 Å². The molecule has 0 bridgehead atoms. The van der Waals surface area contributed by atoms with Gasteiger partial charge in [-0.2, -0.15) is 0 Å². The van der Waals surface area contributed by atoms with E-state index in [4.69, 9.17) is 16.0 Å². The average molecular weight is 181 g/mol. The molecule has 0 atom stereocenters. The Morgan fingerprint density at radius 1 is 1.17 bits per heavy atom. The molecule has 0 radical (unpaired) electrons. The molecule has 0 unspecified atom stereocenters. The minimum absolute atomic E-state index is 0.798. The van der Waals surface area contributed by atoms with E-state index < -0.39 is 0 Å². The minimum atomic E-state index is 0.798. The van der Waals surface area contributed by atoms with Crippen molar-refractivity contribution in [1.82, 2.24) is 0 Å². The van der Waals surface area contributed by atoms with Crippen molar-refractivity contribution in [2.45, 2.75) is 13.8 Å². The van der Waals surface area contributed by atoms with Gasteiger partial charge in [0.15, 0.2) is 0 Å². The number of benzene rings is 1. The summed E-state index contributed by atoms with van der Waals surface area (Å²) >= 11 is 5.97. The molecule has 0 amide bonds. The standard InChI is InChI=1S/C10H9ClO/c1-6-3-10-8(4-9(6)11)7(2)5-12-10/h3-5H,1-2H3. The van der Waals surface area contributed by atoms with Crippen molar-refractivity contribution in [2.75, 3.05) is 0 Å². The molecule has 0 saturated heterocycles. The van der Waals surface area contributed by atoms with Crippen molar-refractivity contribution >= 4 is 22.6 Å². The summed E-state index contributed by atoms with van der Waals surface area (Å²) in [5.74, 6) is 0. The Morgan fingerprint density at radius 3 is 2.67 bits per heavy atom. The third-order valence-electron chi connectivity index (χ3n) is 2.05. The number of hydrogen-bond donors (Lipinski definition) is 0. The summed E-state index contributed by atoms with van der Waals surface area (Å²) in [7, 11) is 0. The Labute approximate surface area is 75.9 Å². The summed E-state index contributed by atoms with van der Waals surface area (Å²) in [6.07, 6.45) is 1.75. The number of hydrogen-bond acceptors (Lipinski definition) is 1. The molecule has 0 fully saturated rings. The highest BCUT2D eigenvalue weighted by atomic mass is 35.5. The summed E-state index contributed by atoms with van der Waals surface area (Å²) in [5, 5.41) is 1.90. The Bertz CT molecular complexity index is 429. The first kappa shape index (κ1) is 7.69. The fourth-order valence-corrected chi connectivity index (χ4v) is 1.44. The van der Waals surface area contributed by atoms with Gasteiger partial charge in [0.2, 0.25) is 0 Å². The minimum Gasteiger partial charge on any atom is -0.464 e. The number of rotatable bonds is 0. The van der Waals surface area contributed by atoms with Crippen molar-refractivity contribution < 1.29 is 4.42 Å². The predicted octanol–water partition coefficient (Wildman–Crippen LogP) is 3.70. The lowest BCUT2D eigenvalue weighted by molar-refractivity contribution is 0.613. The van der Waals surface area contributed by atoms with E-state index in [1.54, 1.807) is 6.26 Å². The molecule has 0 aliphatic heterocycles. The van der Waals surface area contributed by atoms with E-state index >= 15 is 0 Å². The van der Waals surface area contributed by atoms with Crippen molar-refractivity contribution in [3.63, 3.8) is 0 Å². The van der Waals surface area contributed by atoms with Crippen molar-refractivity contribution in [1.29, 1.82) is 0 Å². The fraction of sp³-hybridized carbons (Fsp3) is 0.200. The van der Waals surface area contributed by atoms with E-state index in [2.05, 4.69) is 0 Å². The molecule has 62 valence electrons. The molecule has 1 nitrogen and oxygen atoms in total. The summed E-state index contributed by atoms with van der Waals surface area (Å²) in [5.41, 5.74) is 3.10. The molecule has 1 aromatic heterocycles. The quantitative estimate of drug-likeness (QED) is 0.603. The summed E-state index contributed by atoms with van der Waals surface area (Å²) in [4.78, 5) is 0. The highest BCUT2D eigenvalue weighted by Gasteiger charge is 2.04. The lowest BCUT2D eigenvalue weighted by Crippen LogP contribution is -1.74. The van der Waals surface area contributed by atoms with Crippen molar-refractivity contribution in [3.8, 4) is 0 Å². The Kier molecular flexibility index (Phi) is 1.62. The number of halogens is 1. The molecule has 1 aromatic carbocycles. The van der Waals surface area contributed by atoms with Crippen LogP contribution in [0.2, 0.25) is 5.02 Å². The Morgan fingerprint density at radius 2 is 1.92 bits per heavy atom. The van der Waals surface area contributed by atoms with Crippen LogP contribution in [0.5, 0.6) is 0 Å². The van der Waals surface area contributed by atoms with Crippen LogP contribution in [0.1, 0.15) is 11.1 Å². The zero-order chi connectivity index (χ0) is 8.72. The van der Waals surface area contributed by atoms with Gasteiger partial charge < -0.3 is 4.42 Å². The summed E-state index contributed by atoms with van der Waals surface area (Å²) in [6, 6.07) is 3.91. The second-order valence-corrected chi connectivity index (χ2v) is 3.42. The average Bonchev–Trinajstić information content (AvgIpc) is 2.35. The summed E-state index contributed by atoms with van der Waals surface area (Å²) < 4.78 is 5.33. The Balaban J connectivity index is 2.87. The van der Waals surface area contributed by atoms with Gasteiger partial charge in [-0.1, -0.05) is 11.6 Å². The monoisotopic (exact) mass is 180 g/mol. The molecule has 12 heavy (non-hydrogen) atoms.